The van der Waals surface area contributed by atoms with E-state index in [2.05, 4.69) is 18.8 Å². The fraction of sp³-hybridized carbons (Fsp3) is 0.667. The normalized spacial score (nSPS) is 21.3. The number of aryl methyl sites for hydroxylation is 1. The molecule has 1 aromatic rings. The molecule has 0 saturated carbocycles. The zero-order chi connectivity index (χ0) is 18.0. The van der Waals surface area contributed by atoms with E-state index in [1.165, 1.54) is 0 Å². The first-order valence-electron chi connectivity index (χ1n) is 8.39. The van der Waals surface area contributed by atoms with Crippen molar-refractivity contribution in [3.63, 3.8) is 0 Å². The maximum atomic E-state index is 12.5. The molecule has 6 nitrogen and oxygen atoms in total. The van der Waals surface area contributed by atoms with Gasteiger partial charge in [0, 0.05) is 30.9 Å². The summed E-state index contributed by atoms with van der Waals surface area (Å²) in [7, 11) is 0. The molecule has 1 unspecified atom stereocenters. The van der Waals surface area contributed by atoms with Crippen molar-refractivity contribution in [1.82, 2.24) is 10.0 Å². The largest absolute Gasteiger partial charge is 0.476 e. The maximum Gasteiger partial charge on any atom is 0.333 e. The van der Waals surface area contributed by atoms with E-state index in [1.807, 2.05) is 32.9 Å². The summed E-state index contributed by atoms with van der Waals surface area (Å²) in [6.07, 6.45) is 2.48. The predicted molar refractivity (Wildman–Crippen MR) is 92.3 cm³/mol. The van der Waals surface area contributed by atoms with Gasteiger partial charge in [0.2, 0.25) is 5.88 Å². The number of hydrogen-bond acceptors (Lipinski definition) is 6. The second-order valence-electron chi connectivity index (χ2n) is 7.92. The van der Waals surface area contributed by atoms with E-state index in [-0.39, 0.29) is 24.0 Å². The van der Waals surface area contributed by atoms with Crippen molar-refractivity contribution in [3.8, 4) is 5.88 Å². The number of piperidine rings is 1. The quantitative estimate of drug-likeness (QED) is 0.890. The Labute approximate surface area is 144 Å². The molecule has 0 aliphatic carbocycles. The van der Waals surface area contributed by atoms with Crippen LogP contribution >= 0.6 is 0 Å². The van der Waals surface area contributed by atoms with Gasteiger partial charge < -0.3 is 15.3 Å². The Bertz CT molecular complexity index is 587. The monoisotopic (exact) mass is 335 g/mol. The van der Waals surface area contributed by atoms with Crippen molar-refractivity contribution in [3.05, 3.63) is 23.9 Å². The summed E-state index contributed by atoms with van der Waals surface area (Å²) in [5.41, 5.74) is 6.21. The third-order valence-corrected chi connectivity index (χ3v) is 4.57. The number of nitrogens with two attached hydrogens (primary N) is 1. The Kier molecular flexibility index (Phi) is 5.50. The average Bonchev–Trinajstić information content (AvgIpc) is 2.50. The standard InChI is InChI=1S/C18H29N3O3/c1-13-7-6-9-20-15(13)23-12-18(4,5)16(22)24-21-10-8-14(19)17(2,3)11-21/h6-7,9,14H,8,10-12,19H2,1-5H3. The Morgan fingerprint density at radius 2 is 2.21 bits per heavy atom. The van der Waals surface area contributed by atoms with Gasteiger partial charge in [-0.15, -0.1) is 5.06 Å². The Hall–Kier alpha value is -1.66. The molecule has 0 bridgehead atoms. The molecule has 0 aromatic carbocycles. The fourth-order valence-corrected chi connectivity index (χ4v) is 2.57. The van der Waals surface area contributed by atoms with Crippen LogP contribution in [-0.2, 0) is 9.63 Å². The van der Waals surface area contributed by atoms with Gasteiger partial charge in [0.1, 0.15) is 6.61 Å². The Morgan fingerprint density at radius 3 is 2.83 bits per heavy atom. The zero-order valence-corrected chi connectivity index (χ0v) is 15.3. The third kappa shape index (κ3) is 4.45. The molecule has 0 radical (unpaired) electrons. The van der Waals surface area contributed by atoms with Crippen molar-refractivity contribution in [1.29, 1.82) is 0 Å². The van der Waals surface area contributed by atoms with Crippen LogP contribution in [0, 0.1) is 17.8 Å². The van der Waals surface area contributed by atoms with Crippen molar-refractivity contribution < 1.29 is 14.4 Å². The lowest BCUT2D eigenvalue weighted by atomic mass is 9.80. The first-order valence-corrected chi connectivity index (χ1v) is 8.39. The van der Waals surface area contributed by atoms with Crippen molar-refractivity contribution in [2.45, 2.75) is 47.1 Å². The maximum absolute atomic E-state index is 12.5. The second kappa shape index (κ2) is 7.07. The van der Waals surface area contributed by atoms with Gasteiger partial charge in [-0.2, -0.15) is 0 Å². The fourth-order valence-electron chi connectivity index (χ4n) is 2.57. The molecule has 1 aliphatic rings. The summed E-state index contributed by atoms with van der Waals surface area (Å²) >= 11 is 0. The summed E-state index contributed by atoms with van der Waals surface area (Å²) in [4.78, 5) is 22.3. The summed E-state index contributed by atoms with van der Waals surface area (Å²) in [6.45, 7) is 11.2. The highest BCUT2D eigenvalue weighted by atomic mass is 16.7. The zero-order valence-electron chi connectivity index (χ0n) is 15.3. The van der Waals surface area contributed by atoms with E-state index in [4.69, 9.17) is 15.3 Å². The van der Waals surface area contributed by atoms with Gasteiger partial charge in [0.05, 0.1) is 5.41 Å². The third-order valence-electron chi connectivity index (χ3n) is 4.57. The Morgan fingerprint density at radius 1 is 1.50 bits per heavy atom. The second-order valence-corrected chi connectivity index (χ2v) is 7.92. The van der Waals surface area contributed by atoms with Crippen LogP contribution in [0.2, 0.25) is 0 Å². The summed E-state index contributed by atoms with van der Waals surface area (Å²) in [5.74, 6) is 0.241. The van der Waals surface area contributed by atoms with Crippen LogP contribution < -0.4 is 10.5 Å². The molecule has 2 rings (SSSR count). The molecule has 1 aliphatic heterocycles. The number of carbonyl (C=O) groups excluding carboxylic acids is 1. The first-order chi connectivity index (χ1) is 11.1. The molecule has 2 N–H and O–H groups in total. The van der Waals surface area contributed by atoms with Crippen LogP contribution in [0.1, 0.15) is 39.7 Å². The van der Waals surface area contributed by atoms with Crippen molar-refractivity contribution >= 4 is 5.97 Å². The molecular formula is C18H29N3O3. The SMILES string of the molecule is Cc1cccnc1OCC(C)(C)C(=O)ON1CCC(N)C(C)(C)C1. The minimum Gasteiger partial charge on any atom is -0.476 e. The Balaban J connectivity index is 1.92. The molecule has 1 saturated heterocycles. The smallest absolute Gasteiger partial charge is 0.333 e. The van der Waals surface area contributed by atoms with Gasteiger partial charge in [0.15, 0.2) is 0 Å². The molecule has 134 valence electrons. The van der Waals surface area contributed by atoms with Gasteiger partial charge in [0.25, 0.3) is 0 Å². The van der Waals surface area contributed by atoms with Crippen LogP contribution in [0.5, 0.6) is 5.88 Å². The van der Waals surface area contributed by atoms with Crippen LogP contribution in [0.25, 0.3) is 0 Å². The van der Waals surface area contributed by atoms with Crippen LogP contribution in [0.4, 0.5) is 0 Å². The molecule has 1 aromatic heterocycles. The molecule has 0 spiro atoms. The number of pyridine rings is 1. The molecular weight excluding hydrogens is 306 g/mol. The number of carbonyl (C=O) groups is 1. The van der Waals surface area contributed by atoms with Gasteiger partial charge >= 0.3 is 5.97 Å². The van der Waals surface area contributed by atoms with Gasteiger partial charge in [-0.05, 0) is 38.7 Å². The predicted octanol–water partition coefficient (Wildman–Crippen LogP) is 2.31. The van der Waals surface area contributed by atoms with E-state index in [9.17, 15) is 4.79 Å². The van der Waals surface area contributed by atoms with Gasteiger partial charge in [-0.25, -0.2) is 9.78 Å². The lowest BCUT2D eigenvalue weighted by Gasteiger charge is -2.41. The van der Waals surface area contributed by atoms with E-state index < -0.39 is 5.41 Å². The van der Waals surface area contributed by atoms with E-state index >= 15 is 0 Å². The molecule has 0 amide bonds. The molecule has 1 fully saturated rings. The number of nitrogens with zero attached hydrogens (tertiary/aromatic N) is 2. The lowest BCUT2D eigenvalue weighted by molar-refractivity contribution is -0.215. The number of rotatable bonds is 5. The number of ether oxygens (including phenoxy) is 1. The first kappa shape index (κ1) is 18.7. The molecule has 6 heteroatoms. The number of hydrogen-bond donors (Lipinski definition) is 1. The topological polar surface area (TPSA) is 77.7 Å². The summed E-state index contributed by atoms with van der Waals surface area (Å²) in [5, 5.41) is 1.72. The van der Waals surface area contributed by atoms with Crippen LogP contribution in [0.15, 0.2) is 18.3 Å². The number of hydroxylamine groups is 2. The summed E-state index contributed by atoms with van der Waals surface area (Å²) in [6, 6.07) is 3.90. The highest BCUT2D eigenvalue weighted by Crippen LogP contribution is 2.29. The lowest BCUT2D eigenvalue weighted by Crippen LogP contribution is -2.53. The highest BCUT2D eigenvalue weighted by Gasteiger charge is 2.38. The highest BCUT2D eigenvalue weighted by molar-refractivity contribution is 5.75. The molecule has 1 atom stereocenters. The van der Waals surface area contributed by atoms with Crippen LogP contribution in [-0.4, -0.2) is 41.8 Å². The van der Waals surface area contributed by atoms with E-state index in [0.29, 0.717) is 19.0 Å². The van der Waals surface area contributed by atoms with Gasteiger partial charge in [-0.1, -0.05) is 19.9 Å². The molecule has 2 heterocycles. The molecule has 24 heavy (non-hydrogen) atoms. The number of aromatic nitrogens is 1. The van der Waals surface area contributed by atoms with Crippen molar-refractivity contribution in [2.75, 3.05) is 19.7 Å². The van der Waals surface area contributed by atoms with E-state index in [0.717, 1.165) is 12.0 Å². The minimum absolute atomic E-state index is 0.0791. The van der Waals surface area contributed by atoms with E-state index in [1.54, 1.807) is 11.3 Å². The minimum atomic E-state index is -0.770. The average molecular weight is 335 g/mol. The summed E-state index contributed by atoms with van der Waals surface area (Å²) < 4.78 is 5.72. The van der Waals surface area contributed by atoms with Crippen LogP contribution in [0.3, 0.4) is 0 Å². The van der Waals surface area contributed by atoms with Gasteiger partial charge in [-0.3, -0.25) is 0 Å². The van der Waals surface area contributed by atoms with Crippen molar-refractivity contribution in [2.24, 2.45) is 16.6 Å².